The highest BCUT2D eigenvalue weighted by molar-refractivity contribution is 6.33. The van der Waals surface area contributed by atoms with E-state index in [2.05, 4.69) is 65.0 Å². The Hall–Kier alpha value is -5.82. The molecule has 57 heavy (non-hydrogen) atoms. The molecule has 5 heterocycles. The fourth-order valence-corrected chi connectivity index (χ4v) is 8.69. The molecular weight excluding hydrogens is 745 g/mol. The first-order valence-electron chi connectivity index (χ1n) is 19.3. The molecule has 0 bridgehead atoms. The Bertz CT molecular complexity index is 2410. The van der Waals surface area contributed by atoms with Crippen LogP contribution in [0.1, 0.15) is 81.6 Å². The number of imide groups is 2. The largest absolute Gasteiger partial charge is 0.369 e. The molecule has 0 radical (unpaired) electrons. The third-order valence-corrected chi connectivity index (χ3v) is 12.2. The fraction of sp³-hybridized carbons (Fsp3) is 0.364. The van der Waals surface area contributed by atoms with Crippen molar-refractivity contribution < 1.29 is 23.6 Å². The quantitative estimate of drug-likeness (QED) is 0.132. The number of anilines is 1. The summed E-state index contributed by atoms with van der Waals surface area (Å²) in [7, 11) is 0. The SMILES string of the molecule is [C-]#[N+]c1ccc(-c2nn(Cc3ccc(C#CC4CCN(C5CCN(c6cc7c(cc6F)C(=O)N(C6CCC(=O)NC6=O)C7=O)CC5)CC4)cc3)c(C)c2C)cc1Cl. The molecule has 3 saturated heterocycles. The first kappa shape index (κ1) is 38.1. The molecule has 4 amide bonds. The van der Waals surface area contributed by atoms with Crippen LogP contribution < -0.4 is 10.2 Å². The van der Waals surface area contributed by atoms with Gasteiger partial charge in [-0.3, -0.25) is 34.1 Å². The van der Waals surface area contributed by atoms with Gasteiger partial charge in [0.1, 0.15) is 11.9 Å². The van der Waals surface area contributed by atoms with Crippen LogP contribution in [0.2, 0.25) is 5.02 Å². The second-order valence-corrected chi connectivity index (χ2v) is 15.7. The number of rotatable bonds is 6. The van der Waals surface area contributed by atoms with E-state index in [1.807, 2.05) is 15.6 Å². The third kappa shape index (κ3) is 7.43. The van der Waals surface area contributed by atoms with Crippen molar-refractivity contribution >= 4 is 46.6 Å². The van der Waals surface area contributed by atoms with E-state index in [-0.39, 0.29) is 29.7 Å². The summed E-state index contributed by atoms with van der Waals surface area (Å²) in [6, 6.07) is 15.6. The molecule has 3 aromatic carbocycles. The van der Waals surface area contributed by atoms with Gasteiger partial charge in [-0.25, -0.2) is 9.24 Å². The predicted molar refractivity (Wildman–Crippen MR) is 213 cm³/mol. The Morgan fingerprint density at radius 1 is 0.912 bits per heavy atom. The lowest BCUT2D eigenvalue weighted by molar-refractivity contribution is -0.136. The summed E-state index contributed by atoms with van der Waals surface area (Å²) < 4.78 is 17.4. The Balaban J connectivity index is 0.827. The third-order valence-electron chi connectivity index (χ3n) is 11.9. The van der Waals surface area contributed by atoms with Crippen molar-refractivity contribution in [1.82, 2.24) is 24.9 Å². The molecule has 1 atom stereocenters. The van der Waals surface area contributed by atoms with Crippen molar-refractivity contribution in [3.8, 4) is 23.1 Å². The zero-order valence-electron chi connectivity index (χ0n) is 31.8. The average Bonchev–Trinajstić information content (AvgIpc) is 3.63. The Morgan fingerprint density at radius 3 is 2.28 bits per heavy atom. The van der Waals surface area contributed by atoms with Crippen LogP contribution in [-0.4, -0.2) is 81.5 Å². The summed E-state index contributed by atoms with van der Waals surface area (Å²) in [4.78, 5) is 59.2. The number of nitrogens with zero attached hydrogens (tertiary/aromatic N) is 6. The molecule has 4 aromatic rings. The number of hydrogen-bond acceptors (Lipinski definition) is 7. The van der Waals surface area contributed by atoms with Gasteiger partial charge in [0.15, 0.2) is 0 Å². The summed E-state index contributed by atoms with van der Waals surface area (Å²) in [5.74, 6) is 4.15. The van der Waals surface area contributed by atoms with Gasteiger partial charge >= 0.3 is 0 Å². The lowest BCUT2D eigenvalue weighted by Gasteiger charge is -2.42. The molecule has 0 aliphatic carbocycles. The maximum absolute atomic E-state index is 15.5. The summed E-state index contributed by atoms with van der Waals surface area (Å²) in [5, 5.41) is 7.49. The van der Waals surface area contributed by atoms with E-state index in [1.165, 1.54) is 6.07 Å². The van der Waals surface area contributed by atoms with Gasteiger partial charge in [-0.2, -0.15) is 5.10 Å². The number of fused-ring (bicyclic) bond motifs is 1. The zero-order chi connectivity index (χ0) is 40.0. The van der Waals surface area contributed by atoms with E-state index in [1.54, 1.807) is 12.1 Å². The van der Waals surface area contributed by atoms with Crippen molar-refractivity contribution in [2.75, 3.05) is 31.1 Å². The number of likely N-dealkylation sites (tertiary alicyclic amines) is 1. The highest BCUT2D eigenvalue weighted by Crippen LogP contribution is 2.35. The van der Waals surface area contributed by atoms with E-state index in [4.69, 9.17) is 23.3 Å². The summed E-state index contributed by atoms with van der Waals surface area (Å²) in [6.45, 7) is 15.1. The molecule has 8 rings (SSSR count). The normalized spacial score (nSPS) is 19.3. The fourth-order valence-electron chi connectivity index (χ4n) is 8.46. The van der Waals surface area contributed by atoms with Crippen molar-refractivity contribution in [3.05, 3.63) is 110 Å². The van der Waals surface area contributed by atoms with E-state index in [0.717, 1.165) is 83.4 Å². The van der Waals surface area contributed by atoms with Crippen LogP contribution in [0.15, 0.2) is 54.6 Å². The number of hydrogen-bond donors (Lipinski definition) is 1. The van der Waals surface area contributed by atoms with Gasteiger partial charge in [-0.15, -0.1) is 0 Å². The van der Waals surface area contributed by atoms with Crippen molar-refractivity contribution in [1.29, 1.82) is 0 Å². The van der Waals surface area contributed by atoms with Crippen LogP contribution in [-0.2, 0) is 16.1 Å². The molecule has 1 unspecified atom stereocenters. The van der Waals surface area contributed by atoms with Crippen LogP contribution in [0.25, 0.3) is 16.1 Å². The van der Waals surface area contributed by atoms with Crippen LogP contribution in [0.5, 0.6) is 0 Å². The number of piperidine rings is 3. The number of amides is 4. The molecule has 0 saturated carbocycles. The molecular formula is C44H41ClFN7O4. The van der Waals surface area contributed by atoms with Crippen LogP contribution in [0.4, 0.5) is 15.8 Å². The maximum atomic E-state index is 15.5. The molecule has 4 aliphatic rings. The number of aromatic nitrogens is 2. The molecule has 13 heteroatoms. The maximum Gasteiger partial charge on any atom is 0.262 e. The molecule has 0 spiro atoms. The highest BCUT2D eigenvalue weighted by Gasteiger charge is 2.45. The lowest BCUT2D eigenvalue weighted by Crippen LogP contribution is -2.54. The van der Waals surface area contributed by atoms with Gasteiger partial charge < -0.3 is 9.80 Å². The van der Waals surface area contributed by atoms with Crippen LogP contribution >= 0.6 is 11.6 Å². The minimum Gasteiger partial charge on any atom is -0.369 e. The van der Waals surface area contributed by atoms with Gasteiger partial charge in [0.2, 0.25) is 17.5 Å². The Kier molecular flexibility index (Phi) is 10.4. The average molecular weight is 786 g/mol. The van der Waals surface area contributed by atoms with Crippen LogP contribution in [0.3, 0.4) is 0 Å². The van der Waals surface area contributed by atoms with Gasteiger partial charge in [-0.05, 0) is 100 Å². The number of carbonyl (C=O) groups is 4. The predicted octanol–water partition coefficient (Wildman–Crippen LogP) is 6.69. The standard InChI is InChI=1S/C44H41ClFN7O4/c1-26-27(2)52(49-41(26)31-10-11-37(47-3)35(45)22-31)25-30-8-6-28(7-9-30)4-5-29-14-18-50(19-15-29)32-16-20-51(21-17-32)39-24-34-33(23-36(39)46)43(56)53(44(34)57)38-12-13-40(54)48-42(38)55/h6-11,22-24,29,32,38H,12-21,25H2,1-2H3,(H,48,54,55). The highest BCUT2D eigenvalue weighted by atomic mass is 35.5. The number of benzene rings is 3. The zero-order valence-corrected chi connectivity index (χ0v) is 32.5. The first-order chi connectivity index (χ1) is 27.5. The Labute approximate surface area is 335 Å². The molecule has 11 nitrogen and oxygen atoms in total. The Morgan fingerprint density at radius 2 is 1.61 bits per heavy atom. The molecule has 4 aliphatic heterocycles. The van der Waals surface area contributed by atoms with Crippen molar-refractivity contribution in [2.24, 2.45) is 5.92 Å². The first-order valence-corrected chi connectivity index (χ1v) is 19.7. The van der Waals surface area contributed by atoms with E-state index >= 15 is 4.39 Å². The van der Waals surface area contributed by atoms with E-state index < -0.39 is 35.5 Å². The summed E-state index contributed by atoms with van der Waals surface area (Å²) in [6.07, 6.45) is 3.73. The van der Waals surface area contributed by atoms with Gasteiger partial charge in [-0.1, -0.05) is 47.7 Å². The summed E-state index contributed by atoms with van der Waals surface area (Å²) >= 11 is 6.30. The summed E-state index contributed by atoms with van der Waals surface area (Å²) in [5.41, 5.74) is 6.74. The number of nitrogens with one attached hydrogen (secondary N) is 1. The van der Waals surface area contributed by atoms with Gasteiger partial charge in [0, 0.05) is 53.3 Å². The minimum absolute atomic E-state index is 0.0237. The van der Waals surface area contributed by atoms with E-state index in [9.17, 15) is 19.2 Å². The minimum atomic E-state index is -1.09. The van der Waals surface area contributed by atoms with Crippen LogP contribution in [0, 0.1) is 44.0 Å². The molecule has 1 N–H and O–H groups in total. The lowest BCUT2D eigenvalue weighted by atomic mass is 9.93. The van der Waals surface area contributed by atoms with Gasteiger partial charge in [0.05, 0.1) is 35.6 Å². The van der Waals surface area contributed by atoms with Crippen molar-refractivity contribution in [3.63, 3.8) is 0 Å². The van der Waals surface area contributed by atoms with Crippen molar-refractivity contribution in [2.45, 2.75) is 71.0 Å². The topological polar surface area (TPSA) is 112 Å². The second kappa shape index (κ2) is 15.6. The monoisotopic (exact) mass is 785 g/mol. The second-order valence-electron chi connectivity index (χ2n) is 15.3. The van der Waals surface area contributed by atoms with Gasteiger partial charge in [0.25, 0.3) is 11.8 Å². The number of halogens is 2. The molecule has 3 fully saturated rings. The smallest absolute Gasteiger partial charge is 0.262 e. The molecule has 290 valence electrons. The number of carbonyl (C=O) groups excluding carboxylic acids is 4. The van der Waals surface area contributed by atoms with E-state index in [0.29, 0.717) is 42.3 Å². The molecule has 1 aromatic heterocycles.